The molecule has 0 radical (unpaired) electrons. The monoisotopic (exact) mass is 198 g/mol. The van der Waals surface area contributed by atoms with Crippen molar-refractivity contribution in [1.82, 2.24) is 15.0 Å². The Labute approximate surface area is 82.0 Å². The average Bonchev–Trinajstić information content (AvgIpc) is 2.75. The second-order valence-corrected chi connectivity index (χ2v) is 3.30. The smallest absolute Gasteiger partial charge is 0.159 e. The number of ether oxygens (including phenoxy) is 2. The second-order valence-electron chi connectivity index (χ2n) is 3.30. The van der Waals surface area contributed by atoms with Crippen LogP contribution in [0.3, 0.4) is 0 Å². The van der Waals surface area contributed by atoms with Gasteiger partial charge in [-0.1, -0.05) is 5.21 Å². The van der Waals surface area contributed by atoms with E-state index in [0.29, 0.717) is 19.6 Å². The Balaban J connectivity index is 1.95. The molecule has 0 bridgehead atoms. The van der Waals surface area contributed by atoms with Gasteiger partial charge in [-0.05, 0) is 0 Å². The van der Waals surface area contributed by atoms with Gasteiger partial charge in [0.15, 0.2) is 6.29 Å². The first-order valence-corrected chi connectivity index (χ1v) is 4.60. The minimum absolute atomic E-state index is 0.141. The van der Waals surface area contributed by atoms with Crippen LogP contribution in [0.4, 0.5) is 0 Å². The average molecular weight is 198 g/mol. The van der Waals surface area contributed by atoms with Gasteiger partial charge >= 0.3 is 0 Å². The number of hydrogen-bond acceptors (Lipinski definition) is 5. The van der Waals surface area contributed by atoms with Gasteiger partial charge in [-0.3, -0.25) is 4.68 Å². The van der Waals surface area contributed by atoms with Crippen molar-refractivity contribution in [2.24, 2.45) is 12.8 Å². The van der Waals surface area contributed by atoms with Gasteiger partial charge in [0, 0.05) is 13.5 Å². The molecule has 2 N–H and O–H groups in total. The van der Waals surface area contributed by atoms with E-state index in [1.54, 1.807) is 10.9 Å². The third-order valence-corrected chi connectivity index (χ3v) is 2.27. The summed E-state index contributed by atoms with van der Waals surface area (Å²) in [6, 6.07) is -0.141. The Hall–Kier alpha value is -0.980. The van der Waals surface area contributed by atoms with Crippen LogP contribution < -0.4 is 5.73 Å². The lowest BCUT2D eigenvalue weighted by molar-refractivity contribution is -0.0511. The Morgan fingerprint density at radius 1 is 1.64 bits per heavy atom. The van der Waals surface area contributed by atoms with Crippen molar-refractivity contribution < 1.29 is 9.47 Å². The minimum Gasteiger partial charge on any atom is -0.350 e. The van der Waals surface area contributed by atoms with Gasteiger partial charge in [-0.2, -0.15) is 0 Å². The van der Waals surface area contributed by atoms with E-state index in [0.717, 1.165) is 5.69 Å². The summed E-state index contributed by atoms with van der Waals surface area (Å²) in [5.41, 5.74) is 6.85. The van der Waals surface area contributed by atoms with Crippen molar-refractivity contribution in [2.45, 2.75) is 18.8 Å². The summed E-state index contributed by atoms with van der Waals surface area (Å²) >= 11 is 0. The zero-order valence-corrected chi connectivity index (χ0v) is 8.09. The Bertz CT molecular complexity index is 295. The van der Waals surface area contributed by atoms with E-state index >= 15 is 0 Å². The summed E-state index contributed by atoms with van der Waals surface area (Å²) in [7, 11) is 1.82. The number of aryl methyl sites for hydroxylation is 1. The molecule has 1 aliphatic rings. The van der Waals surface area contributed by atoms with Crippen LogP contribution in [0, 0.1) is 0 Å². The van der Waals surface area contributed by atoms with E-state index in [1.807, 2.05) is 7.05 Å². The zero-order valence-electron chi connectivity index (χ0n) is 8.09. The molecule has 0 aromatic carbocycles. The predicted octanol–water partition coefficient (Wildman–Crippen LogP) is -0.422. The van der Waals surface area contributed by atoms with Crippen LogP contribution in [-0.4, -0.2) is 34.5 Å². The van der Waals surface area contributed by atoms with Crippen LogP contribution in [-0.2, 0) is 16.5 Å². The summed E-state index contributed by atoms with van der Waals surface area (Å²) < 4.78 is 12.3. The van der Waals surface area contributed by atoms with E-state index in [2.05, 4.69) is 10.3 Å². The molecule has 1 fully saturated rings. The molecule has 6 nitrogen and oxygen atoms in total. The molecule has 0 saturated carbocycles. The molecule has 1 aromatic rings. The molecule has 6 heteroatoms. The van der Waals surface area contributed by atoms with Gasteiger partial charge in [-0.15, -0.1) is 5.10 Å². The second kappa shape index (κ2) is 4.04. The van der Waals surface area contributed by atoms with E-state index in [4.69, 9.17) is 15.2 Å². The van der Waals surface area contributed by atoms with Crippen LogP contribution in [0.5, 0.6) is 0 Å². The topological polar surface area (TPSA) is 75.2 Å². The standard InChI is InChI=1S/C8H14N4O2/c1-12-7(5-10-11-12)6(9)4-8-13-2-3-14-8/h5-6,8H,2-4,9H2,1H3. The normalized spacial score (nSPS) is 20.1. The van der Waals surface area contributed by atoms with Gasteiger partial charge in [-0.25, -0.2) is 0 Å². The lowest BCUT2D eigenvalue weighted by atomic mass is 10.1. The lowest BCUT2D eigenvalue weighted by Crippen LogP contribution is -2.21. The van der Waals surface area contributed by atoms with E-state index in [9.17, 15) is 0 Å². The summed E-state index contributed by atoms with van der Waals surface area (Å²) in [5, 5.41) is 7.59. The van der Waals surface area contributed by atoms with Gasteiger partial charge in [0.05, 0.1) is 31.1 Å². The molecule has 0 amide bonds. The highest BCUT2D eigenvalue weighted by atomic mass is 16.7. The van der Waals surface area contributed by atoms with E-state index in [1.165, 1.54) is 0 Å². The fourth-order valence-electron chi connectivity index (χ4n) is 1.50. The largest absolute Gasteiger partial charge is 0.350 e. The van der Waals surface area contributed by atoms with Crippen molar-refractivity contribution >= 4 is 0 Å². The van der Waals surface area contributed by atoms with Crippen LogP contribution >= 0.6 is 0 Å². The third-order valence-electron chi connectivity index (χ3n) is 2.27. The van der Waals surface area contributed by atoms with Gasteiger partial charge in [0.25, 0.3) is 0 Å². The van der Waals surface area contributed by atoms with E-state index in [-0.39, 0.29) is 12.3 Å². The Morgan fingerprint density at radius 3 is 2.93 bits per heavy atom. The molecule has 0 spiro atoms. The molecule has 2 heterocycles. The highest BCUT2D eigenvalue weighted by Gasteiger charge is 2.21. The molecule has 1 unspecified atom stereocenters. The molecule has 78 valence electrons. The van der Waals surface area contributed by atoms with Gasteiger partial charge in [0.2, 0.25) is 0 Å². The molecule has 1 atom stereocenters. The van der Waals surface area contributed by atoms with Crippen LogP contribution in [0.15, 0.2) is 6.20 Å². The summed E-state index contributed by atoms with van der Waals surface area (Å²) in [6.45, 7) is 1.31. The van der Waals surface area contributed by atoms with Crippen molar-refractivity contribution in [3.05, 3.63) is 11.9 Å². The number of nitrogens with two attached hydrogens (primary N) is 1. The number of nitrogens with zero attached hydrogens (tertiary/aromatic N) is 3. The molecule has 14 heavy (non-hydrogen) atoms. The number of rotatable bonds is 3. The first-order valence-electron chi connectivity index (χ1n) is 4.60. The van der Waals surface area contributed by atoms with E-state index < -0.39 is 0 Å². The molecule has 1 aromatic heterocycles. The quantitative estimate of drug-likeness (QED) is 0.713. The maximum Gasteiger partial charge on any atom is 0.159 e. The molecule has 0 aliphatic carbocycles. The van der Waals surface area contributed by atoms with Gasteiger partial charge < -0.3 is 15.2 Å². The molecule has 1 aliphatic heterocycles. The highest BCUT2D eigenvalue weighted by molar-refractivity contribution is 5.00. The Kier molecular flexibility index (Phi) is 2.76. The van der Waals surface area contributed by atoms with Crippen molar-refractivity contribution in [2.75, 3.05) is 13.2 Å². The zero-order chi connectivity index (χ0) is 9.97. The molecule has 1 saturated heterocycles. The van der Waals surface area contributed by atoms with Gasteiger partial charge in [0.1, 0.15) is 0 Å². The summed E-state index contributed by atoms with van der Waals surface area (Å²) in [4.78, 5) is 0. The van der Waals surface area contributed by atoms with Crippen LogP contribution in [0.2, 0.25) is 0 Å². The van der Waals surface area contributed by atoms with Crippen molar-refractivity contribution in [3.63, 3.8) is 0 Å². The van der Waals surface area contributed by atoms with Crippen LogP contribution in [0.25, 0.3) is 0 Å². The molecule has 2 rings (SSSR count). The highest BCUT2D eigenvalue weighted by Crippen LogP contribution is 2.18. The number of hydrogen-bond donors (Lipinski definition) is 1. The fourth-order valence-corrected chi connectivity index (χ4v) is 1.50. The fraction of sp³-hybridized carbons (Fsp3) is 0.750. The lowest BCUT2D eigenvalue weighted by Gasteiger charge is -2.14. The van der Waals surface area contributed by atoms with Crippen molar-refractivity contribution in [3.8, 4) is 0 Å². The van der Waals surface area contributed by atoms with Crippen LogP contribution in [0.1, 0.15) is 18.2 Å². The SMILES string of the molecule is Cn1nncc1C(N)CC1OCCO1. The molecular weight excluding hydrogens is 184 g/mol. The third kappa shape index (κ3) is 1.92. The first-order chi connectivity index (χ1) is 6.77. The number of aromatic nitrogens is 3. The molecular formula is C8H14N4O2. The summed E-state index contributed by atoms with van der Waals surface area (Å²) in [5.74, 6) is 0. The maximum absolute atomic E-state index is 5.96. The Morgan fingerprint density at radius 2 is 2.36 bits per heavy atom. The predicted molar refractivity (Wildman–Crippen MR) is 48.2 cm³/mol. The summed E-state index contributed by atoms with van der Waals surface area (Å²) in [6.07, 6.45) is 2.13. The van der Waals surface area contributed by atoms with Crippen molar-refractivity contribution in [1.29, 1.82) is 0 Å². The minimum atomic E-state index is -0.181. The first kappa shape index (κ1) is 9.57. The maximum atomic E-state index is 5.96.